The van der Waals surface area contributed by atoms with Crippen molar-refractivity contribution >= 4 is 44.9 Å². The largest absolute Gasteiger partial charge is 0.492 e. The SMILES string of the molecule is CCOc1ccccc1NC(=O)CCSCc1nc2sc3c(c2c(=O)[nH]1)CCCC3. The standard InChI is InChI=1S/C22H25N3O3S2/c1-2-28-16-9-5-4-8-15(16)23-19(26)11-12-29-13-18-24-21(27)20-14-7-3-6-10-17(14)30-22(20)25-18/h4-5,8-9H,2-3,6-7,10-13H2,1H3,(H,23,26)(H,24,25,27). The van der Waals surface area contributed by atoms with Crippen molar-refractivity contribution < 1.29 is 9.53 Å². The van der Waals surface area contributed by atoms with E-state index in [1.165, 1.54) is 16.9 Å². The molecule has 3 aromatic rings. The van der Waals surface area contributed by atoms with Crippen LogP contribution in [0.25, 0.3) is 10.2 Å². The number of nitrogens with zero attached hydrogens (tertiary/aromatic N) is 1. The third-order valence-corrected chi connectivity index (χ3v) is 7.20. The Balaban J connectivity index is 1.32. The average Bonchev–Trinajstić information content (AvgIpc) is 3.12. The number of thioether (sulfide) groups is 1. The summed E-state index contributed by atoms with van der Waals surface area (Å²) in [5.41, 5.74) is 1.87. The van der Waals surface area contributed by atoms with Crippen molar-refractivity contribution in [1.29, 1.82) is 0 Å². The maximum atomic E-state index is 12.6. The maximum Gasteiger partial charge on any atom is 0.259 e. The number of anilines is 1. The molecule has 0 aliphatic heterocycles. The molecule has 0 bridgehead atoms. The van der Waals surface area contributed by atoms with Crippen LogP contribution in [0.3, 0.4) is 0 Å². The van der Waals surface area contributed by atoms with Crippen LogP contribution in [-0.2, 0) is 23.4 Å². The number of thiophene rings is 1. The van der Waals surface area contributed by atoms with Crippen molar-refractivity contribution in [2.45, 2.75) is 44.8 Å². The van der Waals surface area contributed by atoms with Crippen LogP contribution in [0.4, 0.5) is 5.69 Å². The van der Waals surface area contributed by atoms with Crippen molar-refractivity contribution in [2.75, 3.05) is 17.7 Å². The number of para-hydroxylation sites is 2. The quantitative estimate of drug-likeness (QED) is 0.500. The molecule has 2 aromatic heterocycles. The number of hydrogen-bond acceptors (Lipinski definition) is 6. The fourth-order valence-electron chi connectivity index (χ4n) is 3.67. The molecule has 30 heavy (non-hydrogen) atoms. The van der Waals surface area contributed by atoms with Crippen LogP contribution >= 0.6 is 23.1 Å². The monoisotopic (exact) mass is 443 g/mol. The molecule has 0 atom stereocenters. The van der Waals surface area contributed by atoms with Crippen molar-refractivity contribution in [3.63, 3.8) is 0 Å². The Bertz CT molecular complexity index is 1110. The van der Waals surface area contributed by atoms with E-state index < -0.39 is 0 Å². The summed E-state index contributed by atoms with van der Waals surface area (Å²) in [5, 5.41) is 3.69. The first-order chi connectivity index (χ1) is 14.7. The van der Waals surface area contributed by atoms with E-state index in [2.05, 4.69) is 15.3 Å². The van der Waals surface area contributed by atoms with Gasteiger partial charge >= 0.3 is 0 Å². The van der Waals surface area contributed by atoms with E-state index in [0.29, 0.717) is 41.8 Å². The Hall–Kier alpha value is -2.32. The molecule has 6 nitrogen and oxygen atoms in total. The predicted molar refractivity (Wildman–Crippen MR) is 124 cm³/mol. The van der Waals surface area contributed by atoms with Gasteiger partial charge in [0.1, 0.15) is 16.4 Å². The van der Waals surface area contributed by atoms with Crippen LogP contribution < -0.4 is 15.6 Å². The molecule has 1 aliphatic rings. The third-order valence-electron chi connectivity index (χ3n) is 5.05. The number of amides is 1. The highest BCUT2D eigenvalue weighted by Gasteiger charge is 2.19. The molecule has 2 heterocycles. The lowest BCUT2D eigenvalue weighted by Crippen LogP contribution is -2.14. The van der Waals surface area contributed by atoms with E-state index in [1.807, 2.05) is 31.2 Å². The van der Waals surface area contributed by atoms with Gasteiger partial charge in [-0.3, -0.25) is 9.59 Å². The molecule has 0 saturated heterocycles. The molecule has 0 fully saturated rings. The minimum Gasteiger partial charge on any atom is -0.492 e. The van der Waals surface area contributed by atoms with Crippen molar-refractivity contribution in [3.8, 4) is 5.75 Å². The average molecular weight is 444 g/mol. The summed E-state index contributed by atoms with van der Waals surface area (Å²) in [5.74, 6) is 2.52. The first-order valence-corrected chi connectivity index (χ1v) is 12.3. The van der Waals surface area contributed by atoms with Crippen LogP contribution in [0.5, 0.6) is 5.75 Å². The van der Waals surface area contributed by atoms with Gasteiger partial charge in [-0.2, -0.15) is 11.8 Å². The predicted octanol–water partition coefficient (Wildman–Crippen LogP) is 4.52. The molecule has 0 unspecified atom stereocenters. The van der Waals surface area contributed by atoms with Gasteiger partial charge in [0.2, 0.25) is 5.91 Å². The number of ether oxygens (including phenoxy) is 1. The minimum absolute atomic E-state index is 0.0275. The van der Waals surface area contributed by atoms with E-state index in [0.717, 1.165) is 29.5 Å². The smallest absolute Gasteiger partial charge is 0.259 e. The van der Waals surface area contributed by atoms with E-state index >= 15 is 0 Å². The van der Waals surface area contributed by atoms with Crippen LogP contribution in [-0.4, -0.2) is 28.2 Å². The van der Waals surface area contributed by atoms with Crippen LogP contribution in [0.2, 0.25) is 0 Å². The van der Waals surface area contributed by atoms with Crippen molar-refractivity contribution in [3.05, 3.63) is 50.9 Å². The fraction of sp³-hybridized carbons (Fsp3) is 0.409. The third kappa shape index (κ3) is 4.70. The number of H-pyrrole nitrogens is 1. The van der Waals surface area contributed by atoms with Crippen LogP contribution in [0, 0.1) is 0 Å². The zero-order valence-electron chi connectivity index (χ0n) is 17.0. The Morgan fingerprint density at radius 3 is 3.00 bits per heavy atom. The fourth-order valence-corrected chi connectivity index (χ4v) is 5.76. The van der Waals surface area contributed by atoms with Gasteiger partial charge in [0.15, 0.2) is 0 Å². The van der Waals surface area contributed by atoms with Gasteiger partial charge in [0.25, 0.3) is 5.56 Å². The van der Waals surface area contributed by atoms with Gasteiger partial charge < -0.3 is 15.0 Å². The number of carbonyl (C=O) groups excluding carboxylic acids is 1. The van der Waals surface area contributed by atoms with Gasteiger partial charge in [-0.1, -0.05) is 12.1 Å². The Labute approximate surface area is 183 Å². The van der Waals surface area contributed by atoms with Gasteiger partial charge in [-0.15, -0.1) is 11.3 Å². The molecule has 1 aromatic carbocycles. The number of nitrogens with one attached hydrogen (secondary N) is 2. The lowest BCUT2D eigenvalue weighted by Gasteiger charge is -2.11. The molecule has 1 amide bonds. The summed E-state index contributed by atoms with van der Waals surface area (Å²) in [4.78, 5) is 34.7. The molecule has 0 spiro atoms. The molecular weight excluding hydrogens is 418 g/mol. The summed E-state index contributed by atoms with van der Waals surface area (Å²) in [7, 11) is 0. The van der Waals surface area contributed by atoms with Crippen molar-refractivity contribution in [1.82, 2.24) is 9.97 Å². The zero-order chi connectivity index (χ0) is 20.9. The number of aromatic nitrogens is 2. The molecule has 8 heteroatoms. The highest BCUT2D eigenvalue weighted by atomic mass is 32.2. The van der Waals surface area contributed by atoms with E-state index in [-0.39, 0.29) is 11.5 Å². The van der Waals surface area contributed by atoms with Gasteiger partial charge in [0, 0.05) is 17.1 Å². The molecule has 2 N–H and O–H groups in total. The van der Waals surface area contributed by atoms with Crippen molar-refractivity contribution in [2.24, 2.45) is 0 Å². The lowest BCUT2D eigenvalue weighted by molar-refractivity contribution is -0.115. The number of aryl methyl sites for hydroxylation is 2. The van der Waals surface area contributed by atoms with Crippen LogP contribution in [0.1, 0.15) is 42.5 Å². The van der Waals surface area contributed by atoms with Gasteiger partial charge in [0.05, 0.1) is 23.4 Å². The second-order valence-corrected chi connectivity index (χ2v) is 9.37. The van der Waals surface area contributed by atoms with Gasteiger partial charge in [-0.05, 0) is 50.3 Å². The normalized spacial score (nSPS) is 13.2. The summed E-state index contributed by atoms with van der Waals surface area (Å²) < 4.78 is 5.54. The summed E-state index contributed by atoms with van der Waals surface area (Å²) >= 11 is 3.25. The van der Waals surface area contributed by atoms with E-state index in [9.17, 15) is 9.59 Å². The number of hydrogen-bond donors (Lipinski definition) is 2. The number of rotatable bonds is 8. The number of fused-ring (bicyclic) bond motifs is 3. The lowest BCUT2D eigenvalue weighted by atomic mass is 9.97. The second kappa shape index (κ2) is 9.66. The topological polar surface area (TPSA) is 84.1 Å². The summed E-state index contributed by atoms with van der Waals surface area (Å²) in [6.07, 6.45) is 4.76. The number of carbonyl (C=O) groups is 1. The maximum absolute atomic E-state index is 12.6. The highest BCUT2D eigenvalue weighted by molar-refractivity contribution is 7.98. The molecule has 0 saturated carbocycles. The van der Waals surface area contributed by atoms with E-state index in [4.69, 9.17) is 4.74 Å². The Kier molecular flexibility index (Phi) is 6.74. The van der Waals surface area contributed by atoms with E-state index in [1.54, 1.807) is 23.1 Å². The minimum atomic E-state index is -0.0579. The number of benzene rings is 1. The molecular formula is C22H25N3O3S2. The Morgan fingerprint density at radius 2 is 2.13 bits per heavy atom. The summed E-state index contributed by atoms with van der Waals surface area (Å²) in [6.45, 7) is 2.46. The first-order valence-electron chi connectivity index (χ1n) is 10.3. The molecule has 0 radical (unpaired) electrons. The highest BCUT2D eigenvalue weighted by Crippen LogP contribution is 2.33. The first kappa shape index (κ1) is 20.9. The second-order valence-electron chi connectivity index (χ2n) is 7.18. The zero-order valence-corrected chi connectivity index (χ0v) is 18.6. The Morgan fingerprint density at radius 1 is 1.30 bits per heavy atom. The number of aromatic amines is 1. The van der Waals surface area contributed by atoms with Gasteiger partial charge in [-0.25, -0.2) is 4.98 Å². The molecule has 4 rings (SSSR count). The molecule has 158 valence electrons. The molecule has 1 aliphatic carbocycles. The van der Waals surface area contributed by atoms with Crippen LogP contribution in [0.15, 0.2) is 29.1 Å². The summed E-state index contributed by atoms with van der Waals surface area (Å²) in [6, 6.07) is 7.42.